The van der Waals surface area contributed by atoms with Gasteiger partial charge in [-0.15, -0.1) is 0 Å². The highest BCUT2D eigenvalue weighted by Gasteiger charge is 2.49. The average Bonchev–Trinajstić information content (AvgIpc) is 2.77. The molecule has 1 saturated heterocycles. The summed E-state index contributed by atoms with van der Waals surface area (Å²) < 4.78 is 30.4. The monoisotopic (exact) mass is 515 g/mol. The van der Waals surface area contributed by atoms with E-state index in [4.69, 9.17) is 29.1 Å². The van der Waals surface area contributed by atoms with Crippen LogP contribution in [0.5, 0.6) is 0 Å². The lowest BCUT2D eigenvalue weighted by molar-refractivity contribution is -0.263. The molecule has 1 heterocycles. The van der Waals surface area contributed by atoms with Crippen LogP contribution in [0.15, 0.2) is 12.3 Å². The molecule has 35 heavy (non-hydrogen) atoms. The lowest BCUT2D eigenvalue weighted by Gasteiger charge is -2.45. The van der Waals surface area contributed by atoms with Gasteiger partial charge in [-0.05, 0) is 31.5 Å². The zero-order valence-corrected chi connectivity index (χ0v) is 24.6. The molecule has 1 aliphatic heterocycles. The number of allylic oxidation sites excluding steroid dienone is 1. The van der Waals surface area contributed by atoms with E-state index in [1.54, 1.807) is 12.3 Å². The van der Waals surface area contributed by atoms with Crippen LogP contribution in [0.2, 0.25) is 18.1 Å². The van der Waals surface area contributed by atoms with Gasteiger partial charge in [0.2, 0.25) is 6.29 Å². The van der Waals surface area contributed by atoms with Crippen molar-refractivity contribution in [3.05, 3.63) is 12.3 Å². The van der Waals surface area contributed by atoms with Crippen molar-refractivity contribution < 1.29 is 28.2 Å². The van der Waals surface area contributed by atoms with Crippen molar-refractivity contribution in [2.24, 2.45) is 5.73 Å². The number of rotatable bonds is 16. The van der Waals surface area contributed by atoms with Crippen LogP contribution in [-0.4, -0.2) is 58.1 Å². The molecule has 0 unspecified atom stereocenters. The molecule has 0 radical (unpaired) electrons. The summed E-state index contributed by atoms with van der Waals surface area (Å²) in [5.74, 6) is -0.392. The standard InChI is InChI=1S/C27H53NO6Si/c1-9-11-12-13-14-15-16-17-19-30-25-23(28)26(31-18-10-2)34-22(24(25)33-21(3)29)20-32-35(7,8)27(4,5)6/h10,18,22-26H,9,11-17,19-20,28H2,1-8H3/b18-10-/t22-,23-,24-,25-,26+/m1/s1. The molecule has 1 rings (SSSR count). The number of carbonyl (C=O) groups excluding carboxylic acids is 1. The molecule has 7 nitrogen and oxygen atoms in total. The highest BCUT2D eigenvalue weighted by atomic mass is 28.4. The lowest BCUT2D eigenvalue weighted by Crippen LogP contribution is -2.64. The minimum absolute atomic E-state index is 0.0439. The molecule has 206 valence electrons. The summed E-state index contributed by atoms with van der Waals surface area (Å²) in [6, 6.07) is -0.603. The van der Waals surface area contributed by atoms with Crippen molar-refractivity contribution in [2.45, 2.75) is 142 Å². The number of hydrogen-bond acceptors (Lipinski definition) is 7. The van der Waals surface area contributed by atoms with E-state index in [1.807, 2.05) is 6.92 Å². The van der Waals surface area contributed by atoms with E-state index in [9.17, 15) is 4.79 Å². The van der Waals surface area contributed by atoms with Gasteiger partial charge in [0.15, 0.2) is 14.4 Å². The molecule has 0 amide bonds. The third-order valence-electron chi connectivity index (χ3n) is 7.07. The Labute approximate surface area is 215 Å². The van der Waals surface area contributed by atoms with Crippen molar-refractivity contribution in [1.29, 1.82) is 0 Å². The Balaban J connectivity index is 2.85. The Kier molecular flexibility index (Phi) is 14.7. The predicted octanol–water partition coefficient (Wildman–Crippen LogP) is 6.07. The quantitative estimate of drug-likeness (QED) is 0.115. The minimum atomic E-state index is -2.04. The van der Waals surface area contributed by atoms with Gasteiger partial charge < -0.3 is 29.1 Å². The molecule has 2 N–H and O–H groups in total. The molecule has 0 aromatic heterocycles. The molecular formula is C27H53NO6Si. The number of esters is 1. The topological polar surface area (TPSA) is 89.2 Å². The van der Waals surface area contributed by atoms with Crippen molar-refractivity contribution >= 4 is 14.3 Å². The Morgan fingerprint density at radius 3 is 2.17 bits per heavy atom. The molecule has 0 bridgehead atoms. The van der Waals surface area contributed by atoms with Crippen molar-refractivity contribution in [3.8, 4) is 0 Å². The summed E-state index contributed by atoms with van der Waals surface area (Å²) in [6.07, 6.45) is 10.6. The van der Waals surface area contributed by atoms with Crippen LogP contribution < -0.4 is 5.73 Å². The molecule has 0 saturated carbocycles. The van der Waals surface area contributed by atoms with Crippen LogP contribution in [0.3, 0.4) is 0 Å². The Hall–Kier alpha value is -0.933. The Morgan fingerprint density at radius 2 is 1.63 bits per heavy atom. The van der Waals surface area contributed by atoms with Crippen LogP contribution in [0, 0.1) is 0 Å². The van der Waals surface area contributed by atoms with Gasteiger partial charge in [-0.1, -0.05) is 78.7 Å². The summed E-state index contributed by atoms with van der Waals surface area (Å²) in [6.45, 7) is 17.3. The van der Waals surface area contributed by atoms with E-state index in [2.05, 4.69) is 40.8 Å². The second-order valence-electron chi connectivity index (χ2n) is 11.2. The highest BCUT2D eigenvalue weighted by molar-refractivity contribution is 6.74. The average molecular weight is 516 g/mol. The van der Waals surface area contributed by atoms with Gasteiger partial charge in [-0.3, -0.25) is 4.79 Å². The molecule has 1 aliphatic rings. The summed E-state index contributed by atoms with van der Waals surface area (Å²) in [5.41, 5.74) is 6.52. The van der Waals surface area contributed by atoms with Gasteiger partial charge in [0, 0.05) is 13.5 Å². The van der Waals surface area contributed by atoms with Crippen LogP contribution in [0.25, 0.3) is 0 Å². The highest BCUT2D eigenvalue weighted by Crippen LogP contribution is 2.37. The maximum Gasteiger partial charge on any atom is 0.303 e. The fourth-order valence-corrected chi connectivity index (χ4v) is 4.86. The smallest absolute Gasteiger partial charge is 0.303 e. The van der Waals surface area contributed by atoms with Crippen LogP contribution in [0.1, 0.15) is 92.9 Å². The van der Waals surface area contributed by atoms with Gasteiger partial charge in [0.05, 0.1) is 18.9 Å². The summed E-state index contributed by atoms with van der Waals surface area (Å²) >= 11 is 0. The lowest BCUT2D eigenvalue weighted by atomic mass is 9.97. The summed E-state index contributed by atoms with van der Waals surface area (Å²) in [7, 11) is -2.04. The third-order valence-corrected chi connectivity index (χ3v) is 11.6. The van der Waals surface area contributed by atoms with E-state index in [0.717, 1.165) is 12.8 Å². The first-order chi connectivity index (χ1) is 16.4. The summed E-state index contributed by atoms with van der Waals surface area (Å²) in [5, 5.41) is 0.0439. The first kappa shape index (κ1) is 32.1. The molecule has 1 fully saturated rings. The van der Waals surface area contributed by atoms with E-state index in [1.165, 1.54) is 45.4 Å². The van der Waals surface area contributed by atoms with Gasteiger partial charge in [0.1, 0.15) is 12.2 Å². The summed E-state index contributed by atoms with van der Waals surface area (Å²) in [4.78, 5) is 12.0. The van der Waals surface area contributed by atoms with Crippen LogP contribution in [-0.2, 0) is 28.2 Å². The predicted molar refractivity (Wildman–Crippen MR) is 144 cm³/mol. The van der Waals surface area contributed by atoms with E-state index >= 15 is 0 Å². The first-order valence-corrected chi connectivity index (χ1v) is 16.5. The zero-order valence-electron chi connectivity index (χ0n) is 23.6. The molecule has 5 atom stereocenters. The molecule has 0 aromatic carbocycles. The van der Waals surface area contributed by atoms with Gasteiger partial charge in [0.25, 0.3) is 0 Å². The molecular weight excluding hydrogens is 462 g/mol. The largest absolute Gasteiger partial charge is 0.471 e. The number of unbranched alkanes of at least 4 members (excludes halogenated alkanes) is 7. The van der Waals surface area contributed by atoms with Gasteiger partial charge >= 0.3 is 5.97 Å². The van der Waals surface area contributed by atoms with E-state index < -0.39 is 44.9 Å². The van der Waals surface area contributed by atoms with Crippen molar-refractivity contribution in [2.75, 3.05) is 13.2 Å². The fourth-order valence-electron chi connectivity index (χ4n) is 3.84. The molecule has 8 heteroatoms. The normalized spacial score (nSPS) is 25.7. The number of ether oxygens (including phenoxy) is 4. The third kappa shape index (κ3) is 11.3. The molecule has 0 aromatic rings. The molecule has 0 aliphatic carbocycles. The molecule has 0 spiro atoms. The Morgan fingerprint density at radius 1 is 1.03 bits per heavy atom. The minimum Gasteiger partial charge on any atom is -0.471 e. The SMILES string of the molecule is C/C=C\O[C@H]1O[C@H](CO[Si](C)(C)C(C)(C)C)[C@@H](OC(C)=O)[C@H](OCCCCCCCCCC)[C@H]1N. The zero-order chi connectivity index (χ0) is 26.5. The number of hydrogen-bond donors (Lipinski definition) is 1. The first-order valence-electron chi connectivity index (χ1n) is 13.5. The fraction of sp³-hybridized carbons (Fsp3) is 0.889. The second kappa shape index (κ2) is 16.0. The van der Waals surface area contributed by atoms with Crippen LogP contribution >= 0.6 is 0 Å². The maximum atomic E-state index is 12.0. The van der Waals surface area contributed by atoms with E-state index in [0.29, 0.717) is 6.61 Å². The van der Waals surface area contributed by atoms with E-state index in [-0.39, 0.29) is 11.6 Å². The number of carbonyl (C=O) groups is 1. The van der Waals surface area contributed by atoms with Crippen LogP contribution in [0.4, 0.5) is 0 Å². The van der Waals surface area contributed by atoms with Gasteiger partial charge in [-0.25, -0.2) is 0 Å². The van der Waals surface area contributed by atoms with Gasteiger partial charge in [-0.2, -0.15) is 0 Å². The second-order valence-corrected chi connectivity index (χ2v) is 16.0. The Bertz CT molecular complexity index is 621. The number of nitrogens with two attached hydrogens (primary N) is 1. The maximum absolute atomic E-state index is 12.0. The van der Waals surface area contributed by atoms with Crippen molar-refractivity contribution in [3.63, 3.8) is 0 Å². The van der Waals surface area contributed by atoms with Crippen molar-refractivity contribution in [1.82, 2.24) is 0 Å².